The number of aromatic nitrogens is 4. The average Bonchev–Trinajstić information content (AvgIpc) is 3.19. The van der Waals surface area contributed by atoms with Crippen molar-refractivity contribution in [1.82, 2.24) is 19.7 Å². The third-order valence-electron chi connectivity index (χ3n) is 4.34. The minimum Gasteiger partial charge on any atom is -0.369 e. The zero-order chi connectivity index (χ0) is 16.9. The number of hydrogen-bond acceptors (Lipinski definition) is 6. The molecule has 1 saturated carbocycles. The number of nitrogens with zero attached hydrogens (tertiary/aromatic N) is 4. The molecule has 0 spiro atoms. The quantitative estimate of drug-likeness (QED) is 0.717. The standard InChI is InChI=1S/C16H23N7O/c1-23-10-12(8-20-23)21-16-19-9-13(14(17)24)15(22-16)18-7-6-11-4-2-3-5-11/h8-11H,2-7H2,1H3,(H2,17,24)(H2,18,19,21,22). The van der Waals surface area contributed by atoms with Crippen molar-refractivity contribution in [3.8, 4) is 0 Å². The summed E-state index contributed by atoms with van der Waals surface area (Å²) in [6.45, 7) is 0.772. The highest BCUT2D eigenvalue weighted by Gasteiger charge is 2.16. The lowest BCUT2D eigenvalue weighted by Crippen LogP contribution is -2.18. The second-order valence-electron chi connectivity index (χ2n) is 6.21. The van der Waals surface area contributed by atoms with E-state index in [2.05, 4.69) is 25.7 Å². The number of carbonyl (C=O) groups is 1. The summed E-state index contributed by atoms with van der Waals surface area (Å²) in [5.74, 6) is 1.11. The Morgan fingerprint density at radius 2 is 2.17 bits per heavy atom. The van der Waals surface area contributed by atoms with Gasteiger partial charge in [-0.25, -0.2) is 4.98 Å². The predicted octanol–water partition coefficient (Wildman–Crippen LogP) is 2.04. The summed E-state index contributed by atoms with van der Waals surface area (Å²) in [5.41, 5.74) is 6.50. The first kappa shape index (κ1) is 16.2. The zero-order valence-electron chi connectivity index (χ0n) is 13.8. The van der Waals surface area contributed by atoms with Gasteiger partial charge < -0.3 is 16.4 Å². The summed E-state index contributed by atoms with van der Waals surface area (Å²) in [7, 11) is 1.83. The van der Waals surface area contributed by atoms with Crippen LogP contribution in [0.1, 0.15) is 42.5 Å². The summed E-state index contributed by atoms with van der Waals surface area (Å²) in [5, 5.41) is 10.4. The molecule has 0 aliphatic heterocycles. The van der Waals surface area contributed by atoms with Crippen LogP contribution >= 0.6 is 0 Å². The molecular weight excluding hydrogens is 306 g/mol. The van der Waals surface area contributed by atoms with Gasteiger partial charge in [-0.1, -0.05) is 25.7 Å². The van der Waals surface area contributed by atoms with Crippen LogP contribution in [0.4, 0.5) is 17.5 Å². The third-order valence-corrected chi connectivity index (χ3v) is 4.34. The summed E-state index contributed by atoms with van der Waals surface area (Å²) < 4.78 is 1.68. The molecule has 0 atom stereocenters. The number of carbonyl (C=O) groups excluding carboxylic acids is 1. The molecule has 8 heteroatoms. The number of primary amides is 1. The summed E-state index contributed by atoms with van der Waals surface area (Å²) in [6, 6.07) is 0. The number of rotatable bonds is 7. The largest absolute Gasteiger partial charge is 0.369 e. The lowest BCUT2D eigenvalue weighted by molar-refractivity contribution is 0.100. The SMILES string of the molecule is Cn1cc(Nc2ncc(C(N)=O)c(NCCC3CCCC3)n2)cn1. The molecule has 1 aliphatic carbocycles. The Labute approximate surface area is 140 Å². The maximum absolute atomic E-state index is 11.6. The molecule has 2 aromatic rings. The van der Waals surface area contributed by atoms with Gasteiger partial charge in [0.25, 0.3) is 5.91 Å². The molecule has 0 unspecified atom stereocenters. The van der Waals surface area contributed by atoms with Crippen molar-refractivity contribution in [2.45, 2.75) is 32.1 Å². The predicted molar refractivity (Wildman–Crippen MR) is 92.1 cm³/mol. The highest BCUT2D eigenvalue weighted by atomic mass is 16.1. The van der Waals surface area contributed by atoms with E-state index in [9.17, 15) is 4.79 Å². The Balaban J connectivity index is 1.69. The van der Waals surface area contributed by atoms with E-state index in [1.807, 2.05) is 13.2 Å². The maximum Gasteiger partial charge on any atom is 0.254 e. The number of anilines is 3. The Morgan fingerprint density at radius 1 is 1.38 bits per heavy atom. The Morgan fingerprint density at radius 3 is 2.83 bits per heavy atom. The molecule has 1 fully saturated rings. The molecule has 0 bridgehead atoms. The van der Waals surface area contributed by atoms with Crippen LogP contribution < -0.4 is 16.4 Å². The lowest BCUT2D eigenvalue weighted by atomic mass is 10.0. The van der Waals surface area contributed by atoms with E-state index in [4.69, 9.17) is 5.73 Å². The second-order valence-corrected chi connectivity index (χ2v) is 6.21. The molecular formula is C16H23N7O. The van der Waals surface area contributed by atoms with Gasteiger partial charge >= 0.3 is 0 Å². The fraction of sp³-hybridized carbons (Fsp3) is 0.500. The molecule has 8 nitrogen and oxygen atoms in total. The minimum absolute atomic E-state index is 0.304. The van der Waals surface area contributed by atoms with E-state index in [-0.39, 0.29) is 0 Å². The van der Waals surface area contributed by atoms with Crippen LogP contribution in [0.3, 0.4) is 0 Å². The van der Waals surface area contributed by atoms with E-state index in [1.165, 1.54) is 31.9 Å². The van der Waals surface area contributed by atoms with Crippen molar-refractivity contribution in [3.63, 3.8) is 0 Å². The van der Waals surface area contributed by atoms with Gasteiger partial charge in [0.2, 0.25) is 5.95 Å². The summed E-state index contributed by atoms with van der Waals surface area (Å²) >= 11 is 0. The normalized spacial score (nSPS) is 14.7. The average molecular weight is 329 g/mol. The van der Waals surface area contributed by atoms with Crippen molar-refractivity contribution in [3.05, 3.63) is 24.2 Å². The Bertz CT molecular complexity index is 706. The summed E-state index contributed by atoms with van der Waals surface area (Å²) in [6.07, 6.45) is 11.3. The van der Waals surface area contributed by atoms with Gasteiger partial charge in [-0.05, 0) is 12.3 Å². The number of amides is 1. The van der Waals surface area contributed by atoms with Gasteiger partial charge in [0.05, 0.1) is 17.4 Å². The monoisotopic (exact) mass is 329 g/mol. The van der Waals surface area contributed by atoms with Gasteiger partial charge in [0.1, 0.15) is 5.82 Å². The van der Waals surface area contributed by atoms with E-state index in [0.717, 1.165) is 24.6 Å². The maximum atomic E-state index is 11.6. The van der Waals surface area contributed by atoms with Gasteiger partial charge in [-0.2, -0.15) is 10.1 Å². The van der Waals surface area contributed by atoms with Gasteiger partial charge in [0.15, 0.2) is 0 Å². The molecule has 0 aromatic carbocycles. The molecule has 1 amide bonds. The fourth-order valence-corrected chi connectivity index (χ4v) is 3.07. The highest BCUT2D eigenvalue weighted by molar-refractivity contribution is 5.97. The van der Waals surface area contributed by atoms with E-state index < -0.39 is 5.91 Å². The van der Waals surface area contributed by atoms with E-state index in [1.54, 1.807) is 10.9 Å². The molecule has 128 valence electrons. The van der Waals surface area contributed by atoms with Gasteiger partial charge in [0, 0.05) is 26.0 Å². The van der Waals surface area contributed by atoms with Crippen LogP contribution in [0.2, 0.25) is 0 Å². The molecule has 2 heterocycles. The molecule has 24 heavy (non-hydrogen) atoms. The van der Waals surface area contributed by atoms with Crippen molar-refractivity contribution < 1.29 is 4.79 Å². The van der Waals surface area contributed by atoms with Crippen LogP contribution in [0.25, 0.3) is 0 Å². The van der Waals surface area contributed by atoms with E-state index in [0.29, 0.717) is 17.3 Å². The van der Waals surface area contributed by atoms with Crippen molar-refractivity contribution in [2.75, 3.05) is 17.2 Å². The van der Waals surface area contributed by atoms with Crippen LogP contribution in [-0.2, 0) is 7.05 Å². The molecule has 1 aliphatic rings. The topological polar surface area (TPSA) is 111 Å². The first-order valence-electron chi connectivity index (χ1n) is 8.28. The van der Waals surface area contributed by atoms with Gasteiger partial charge in [-0.15, -0.1) is 0 Å². The molecule has 4 N–H and O–H groups in total. The highest BCUT2D eigenvalue weighted by Crippen LogP contribution is 2.27. The molecule has 3 rings (SSSR count). The number of nitrogens with two attached hydrogens (primary N) is 1. The molecule has 0 saturated heterocycles. The lowest BCUT2D eigenvalue weighted by Gasteiger charge is -2.13. The van der Waals surface area contributed by atoms with Gasteiger partial charge in [-0.3, -0.25) is 9.48 Å². The number of hydrogen-bond donors (Lipinski definition) is 3. The molecule has 2 aromatic heterocycles. The van der Waals surface area contributed by atoms with Crippen molar-refractivity contribution in [2.24, 2.45) is 18.7 Å². The number of aryl methyl sites for hydroxylation is 1. The third kappa shape index (κ3) is 4.01. The second kappa shape index (κ2) is 7.29. The van der Waals surface area contributed by atoms with E-state index >= 15 is 0 Å². The van der Waals surface area contributed by atoms with Crippen molar-refractivity contribution in [1.29, 1.82) is 0 Å². The van der Waals surface area contributed by atoms with Crippen molar-refractivity contribution >= 4 is 23.4 Å². The minimum atomic E-state index is -0.536. The van der Waals surface area contributed by atoms with Crippen LogP contribution in [0.15, 0.2) is 18.6 Å². The molecule has 0 radical (unpaired) electrons. The smallest absolute Gasteiger partial charge is 0.254 e. The first-order valence-corrected chi connectivity index (χ1v) is 8.28. The fourth-order valence-electron chi connectivity index (χ4n) is 3.07. The van der Waals surface area contributed by atoms with Crippen LogP contribution in [0.5, 0.6) is 0 Å². The first-order chi connectivity index (χ1) is 11.6. The Hall–Kier alpha value is -2.64. The zero-order valence-corrected chi connectivity index (χ0v) is 13.8. The Kier molecular flexibility index (Phi) is 4.93. The number of nitrogens with one attached hydrogen (secondary N) is 2. The van der Waals surface area contributed by atoms with Crippen LogP contribution in [0, 0.1) is 5.92 Å². The summed E-state index contributed by atoms with van der Waals surface area (Å²) in [4.78, 5) is 20.1. The van der Waals surface area contributed by atoms with Crippen LogP contribution in [-0.4, -0.2) is 32.2 Å².